The van der Waals surface area contributed by atoms with Crippen LogP contribution in [0.2, 0.25) is 0 Å². The number of hydrogen-bond donors (Lipinski definition) is 3. The van der Waals surface area contributed by atoms with Crippen molar-refractivity contribution >= 4 is 0 Å². The Balaban J connectivity index is 2.73. The zero-order chi connectivity index (χ0) is 9.68. The van der Waals surface area contributed by atoms with Crippen molar-refractivity contribution in [2.24, 2.45) is 5.84 Å². The molecule has 0 spiro atoms. The van der Waals surface area contributed by atoms with Crippen molar-refractivity contribution in [1.29, 1.82) is 0 Å². The summed E-state index contributed by atoms with van der Waals surface area (Å²) in [6, 6.07) is 7.31. The van der Waals surface area contributed by atoms with Gasteiger partial charge in [0.2, 0.25) is 0 Å². The summed E-state index contributed by atoms with van der Waals surface area (Å²) in [4.78, 5) is 0. The molecule has 1 aromatic carbocycles. The Labute approximate surface area is 78.5 Å². The molecule has 0 aliphatic carbocycles. The van der Waals surface area contributed by atoms with Crippen LogP contribution in [0.4, 0.5) is 0 Å². The molecule has 4 N–H and O–H groups in total. The maximum absolute atomic E-state index is 9.09. The first-order chi connectivity index (χ1) is 6.27. The lowest BCUT2D eigenvalue weighted by Gasteiger charge is -2.14. The fraction of sp³-hybridized carbons (Fsp3) is 0.400. The number of phenolic OH excluding ortho intramolecular Hbond substituents is 1. The van der Waals surface area contributed by atoms with E-state index in [1.165, 1.54) is 0 Å². The van der Waals surface area contributed by atoms with E-state index in [2.05, 4.69) is 12.3 Å². The molecule has 1 unspecified atom stereocenters. The number of nitrogens with two attached hydrogens (primary N) is 1. The Kier molecular flexibility index (Phi) is 3.73. The lowest BCUT2D eigenvalue weighted by molar-refractivity contribution is 0.472. The summed E-state index contributed by atoms with van der Waals surface area (Å²) < 4.78 is 0. The van der Waals surface area contributed by atoms with Gasteiger partial charge in [-0.1, -0.05) is 25.5 Å². The van der Waals surface area contributed by atoms with E-state index >= 15 is 0 Å². The highest BCUT2D eigenvalue weighted by Gasteiger charge is 2.07. The normalized spacial score (nSPS) is 12.8. The van der Waals surface area contributed by atoms with E-state index in [1.54, 1.807) is 12.1 Å². The Morgan fingerprint density at radius 3 is 2.46 bits per heavy atom. The van der Waals surface area contributed by atoms with Crippen LogP contribution in [-0.4, -0.2) is 5.11 Å². The van der Waals surface area contributed by atoms with Crippen molar-refractivity contribution in [1.82, 2.24) is 5.43 Å². The molecular formula is C10H16N2O. The Bertz CT molecular complexity index is 246. The first-order valence-electron chi connectivity index (χ1n) is 4.53. The van der Waals surface area contributed by atoms with E-state index in [9.17, 15) is 0 Å². The van der Waals surface area contributed by atoms with Crippen LogP contribution >= 0.6 is 0 Å². The minimum Gasteiger partial charge on any atom is -0.508 e. The molecule has 0 saturated carbocycles. The second kappa shape index (κ2) is 4.84. The molecule has 0 aliphatic rings. The quantitative estimate of drug-likeness (QED) is 0.488. The number of hydrazine groups is 1. The largest absolute Gasteiger partial charge is 0.508 e. The molecule has 0 amide bonds. The number of aromatic hydroxyl groups is 1. The minimum absolute atomic E-state index is 0.186. The zero-order valence-corrected chi connectivity index (χ0v) is 7.83. The molecule has 0 saturated heterocycles. The van der Waals surface area contributed by atoms with Gasteiger partial charge in [-0.15, -0.1) is 0 Å². The third-order valence-corrected chi connectivity index (χ3v) is 2.07. The van der Waals surface area contributed by atoms with Gasteiger partial charge in [0.15, 0.2) is 0 Å². The van der Waals surface area contributed by atoms with Crippen molar-refractivity contribution in [2.45, 2.75) is 25.8 Å². The van der Waals surface area contributed by atoms with E-state index in [-0.39, 0.29) is 11.8 Å². The van der Waals surface area contributed by atoms with Crippen LogP contribution < -0.4 is 11.3 Å². The zero-order valence-electron chi connectivity index (χ0n) is 7.83. The first kappa shape index (κ1) is 10.0. The highest BCUT2D eigenvalue weighted by atomic mass is 16.3. The van der Waals surface area contributed by atoms with Crippen molar-refractivity contribution in [3.05, 3.63) is 29.8 Å². The number of benzene rings is 1. The van der Waals surface area contributed by atoms with Crippen LogP contribution in [0, 0.1) is 0 Å². The molecule has 0 radical (unpaired) electrons. The number of phenols is 1. The molecule has 1 aromatic rings. The summed E-state index contributed by atoms with van der Waals surface area (Å²) in [6.07, 6.45) is 2.08. The van der Waals surface area contributed by atoms with Crippen molar-refractivity contribution < 1.29 is 5.11 Å². The fourth-order valence-corrected chi connectivity index (χ4v) is 1.34. The van der Waals surface area contributed by atoms with Crippen molar-refractivity contribution in [3.8, 4) is 5.75 Å². The molecule has 0 bridgehead atoms. The molecule has 1 rings (SSSR count). The summed E-state index contributed by atoms with van der Waals surface area (Å²) in [5.74, 6) is 5.70. The molecule has 13 heavy (non-hydrogen) atoms. The van der Waals surface area contributed by atoms with Gasteiger partial charge >= 0.3 is 0 Å². The van der Waals surface area contributed by atoms with E-state index in [4.69, 9.17) is 10.9 Å². The lowest BCUT2D eigenvalue weighted by Crippen LogP contribution is -2.27. The van der Waals surface area contributed by atoms with Gasteiger partial charge in [-0.2, -0.15) is 0 Å². The average molecular weight is 180 g/mol. The third-order valence-electron chi connectivity index (χ3n) is 2.07. The van der Waals surface area contributed by atoms with Gasteiger partial charge in [0.05, 0.1) is 0 Å². The van der Waals surface area contributed by atoms with Gasteiger partial charge in [0, 0.05) is 6.04 Å². The number of rotatable bonds is 4. The molecular weight excluding hydrogens is 164 g/mol. The van der Waals surface area contributed by atoms with Crippen molar-refractivity contribution in [3.63, 3.8) is 0 Å². The SMILES string of the molecule is CCCC(NN)c1ccc(O)cc1. The summed E-state index contributed by atoms with van der Waals surface area (Å²) in [5, 5.41) is 9.09. The third kappa shape index (κ3) is 2.72. The molecule has 1 atom stereocenters. The monoisotopic (exact) mass is 180 g/mol. The van der Waals surface area contributed by atoms with Gasteiger partial charge in [-0.25, -0.2) is 0 Å². The number of hydrogen-bond acceptors (Lipinski definition) is 3. The molecule has 0 heterocycles. The summed E-state index contributed by atoms with van der Waals surface area (Å²) in [5.41, 5.74) is 3.87. The molecule has 0 fully saturated rings. The summed E-state index contributed by atoms with van der Waals surface area (Å²) >= 11 is 0. The van der Waals surface area contributed by atoms with Crippen LogP contribution in [0.5, 0.6) is 5.75 Å². The maximum Gasteiger partial charge on any atom is 0.115 e. The summed E-state index contributed by atoms with van der Waals surface area (Å²) in [7, 11) is 0. The predicted octanol–water partition coefficient (Wildman–Crippen LogP) is 1.70. The highest BCUT2D eigenvalue weighted by molar-refractivity contribution is 5.27. The van der Waals surface area contributed by atoms with Gasteiger partial charge in [0.25, 0.3) is 0 Å². The Hall–Kier alpha value is -1.06. The topological polar surface area (TPSA) is 58.3 Å². The predicted molar refractivity (Wildman–Crippen MR) is 53.1 cm³/mol. The molecule has 0 aliphatic heterocycles. The molecule has 72 valence electrons. The summed E-state index contributed by atoms with van der Waals surface area (Å²) in [6.45, 7) is 2.12. The minimum atomic E-state index is 0.186. The van der Waals surface area contributed by atoms with Crippen LogP contribution in [0.1, 0.15) is 31.4 Å². The van der Waals surface area contributed by atoms with Gasteiger partial charge in [-0.05, 0) is 24.1 Å². The second-order valence-electron chi connectivity index (χ2n) is 3.10. The van der Waals surface area contributed by atoms with E-state index in [1.807, 2.05) is 12.1 Å². The van der Waals surface area contributed by atoms with Crippen LogP contribution in [-0.2, 0) is 0 Å². The van der Waals surface area contributed by atoms with E-state index in [0.29, 0.717) is 0 Å². The van der Waals surface area contributed by atoms with Gasteiger partial charge in [0.1, 0.15) is 5.75 Å². The molecule has 3 heteroatoms. The van der Waals surface area contributed by atoms with E-state index in [0.717, 1.165) is 18.4 Å². The smallest absolute Gasteiger partial charge is 0.115 e. The highest BCUT2D eigenvalue weighted by Crippen LogP contribution is 2.19. The first-order valence-corrected chi connectivity index (χ1v) is 4.53. The van der Waals surface area contributed by atoms with Crippen LogP contribution in [0.3, 0.4) is 0 Å². The van der Waals surface area contributed by atoms with E-state index < -0.39 is 0 Å². The Morgan fingerprint density at radius 2 is 2.00 bits per heavy atom. The second-order valence-corrected chi connectivity index (χ2v) is 3.10. The Morgan fingerprint density at radius 1 is 1.38 bits per heavy atom. The standard InChI is InChI=1S/C10H16N2O/c1-2-3-10(12-11)8-4-6-9(13)7-5-8/h4-7,10,12-13H,2-3,11H2,1H3. The maximum atomic E-state index is 9.09. The average Bonchev–Trinajstić information content (AvgIpc) is 2.16. The van der Waals surface area contributed by atoms with Crippen LogP contribution in [0.25, 0.3) is 0 Å². The fourth-order valence-electron chi connectivity index (χ4n) is 1.34. The number of nitrogens with one attached hydrogen (secondary N) is 1. The molecule has 0 aromatic heterocycles. The van der Waals surface area contributed by atoms with Gasteiger partial charge < -0.3 is 5.11 Å². The van der Waals surface area contributed by atoms with Crippen LogP contribution in [0.15, 0.2) is 24.3 Å². The van der Waals surface area contributed by atoms with Gasteiger partial charge in [-0.3, -0.25) is 11.3 Å². The van der Waals surface area contributed by atoms with Crippen molar-refractivity contribution in [2.75, 3.05) is 0 Å². The molecule has 3 nitrogen and oxygen atoms in total. The lowest BCUT2D eigenvalue weighted by atomic mass is 10.0.